The molecule has 22 heavy (non-hydrogen) atoms. The van der Waals surface area contributed by atoms with Crippen molar-refractivity contribution < 1.29 is 18.0 Å². The van der Waals surface area contributed by atoms with Crippen molar-refractivity contribution in [2.45, 2.75) is 11.8 Å². The molecule has 0 atom stereocenters. The summed E-state index contributed by atoms with van der Waals surface area (Å²) in [5.41, 5.74) is 0.630. The van der Waals surface area contributed by atoms with Crippen LogP contribution in [0.5, 0.6) is 0 Å². The van der Waals surface area contributed by atoms with Crippen LogP contribution in [0.2, 0.25) is 0 Å². The van der Waals surface area contributed by atoms with Gasteiger partial charge in [-0.3, -0.25) is 9.59 Å². The molecule has 7 heteroatoms. The predicted molar refractivity (Wildman–Crippen MR) is 85.2 cm³/mol. The normalized spacial score (nSPS) is 11.0. The van der Waals surface area contributed by atoms with Gasteiger partial charge in [-0.05, 0) is 43.3 Å². The van der Waals surface area contributed by atoms with Crippen molar-refractivity contribution in [1.82, 2.24) is 4.72 Å². The molecule has 0 aromatic heterocycles. The van der Waals surface area contributed by atoms with E-state index in [-0.39, 0.29) is 16.2 Å². The number of hydrogen-bond acceptors (Lipinski definition) is 4. The molecule has 0 fully saturated rings. The van der Waals surface area contributed by atoms with Crippen LogP contribution < -0.4 is 4.72 Å². The maximum Gasteiger partial charge on any atom is 0.264 e. The van der Waals surface area contributed by atoms with E-state index in [0.29, 0.717) is 5.56 Å². The smallest absolute Gasteiger partial charge is 0.264 e. The van der Waals surface area contributed by atoms with Crippen LogP contribution in [-0.4, -0.2) is 20.1 Å². The molecular formula is C15H12BrNO4S. The average molecular weight is 382 g/mol. The highest BCUT2D eigenvalue weighted by Gasteiger charge is 2.18. The number of carbonyl (C=O) groups excluding carboxylic acids is 2. The number of Topliss-reactive ketones (excluding diaryl/α,β-unsaturated/α-hetero) is 1. The van der Waals surface area contributed by atoms with Gasteiger partial charge >= 0.3 is 0 Å². The van der Waals surface area contributed by atoms with Crippen molar-refractivity contribution >= 4 is 37.6 Å². The van der Waals surface area contributed by atoms with E-state index in [1.165, 1.54) is 43.3 Å². The monoisotopic (exact) mass is 381 g/mol. The number of sulfonamides is 1. The minimum Gasteiger partial charge on any atom is -0.295 e. The summed E-state index contributed by atoms with van der Waals surface area (Å²) < 4.78 is 27.0. The highest BCUT2D eigenvalue weighted by molar-refractivity contribution is 9.10. The molecule has 0 radical (unpaired) electrons. The zero-order valence-corrected chi connectivity index (χ0v) is 13.9. The van der Waals surface area contributed by atoms with Gasteiger partial charge in [0.1, 0.15) is 0 Å². The highest BCUT2D eigenvalue weighted by Crippen LogP contribution is 2.13. The van der Waals surface area contributed by atoms with E-state index in [1.54, 1.807) is 12.1 Å². The lowest BCUT2D eigenvalue weighted by atomic mass is 10.2. The quantitative estimate of drug-likeness (QED) is 0.825. The fraction of sp³-hybridized carbons (Fsp3) is 0.0667. The van der Waals surface area contributed by atoms with Crippen molar-refractivity contribution in [3.8, 4) is 0 Å². The Morgan fingerprint density at radius 1 is 0.909 bits per heavy atom. The fourth-order valence-electron chi connectivity index (χ4n) is 1.71. The third kappa shape index (κ3) is 3.80. The Bertz CT molecular complexity index is 812. The lowest BCUT2D eigenvalue weighted by molar-refractivity contribution is 0.0979. The van der Waals surface area contributed by atoms with Gasteiger partial charge in [-0.15, -0.1) is 0 Å². The lowest BCUT2D eigenvalue weighted by Crippen LogP contribution is -2.30. The molecule has 0 unspecified atom stereocenters. The third-order valence-corrected chi connectivity index (χ3v) is 4.78. The second-order valence-electron chi connectivity index (χ2n) is 4.52. The minimum atomic E-state index is -3.98. The zero-order chi connectivity index (χ0) is 16.3. The van der Waals surface area contributed by atoms with Gasteiger partial charge in [0.25, 0.3) is 15.9 Å². The molecule has 114 valence electrons. The number of nitrogens with one attached hydrogen (secondary N) is 1. The number of halogens is 1. The first kappa shape index (κ1) is 16.4. The van der Waals surface area contributed by atoms with Crippen LogP contribution in [0.25, 0.3) is 0 Å². The average Bonchev–Trinajstić information content (AvgIpc) is 2.47. The van der Waals surface area contributed by atoms with Crippen molar-refractivity contribution in [2.24, 2.45) is 0 Å². The minimum absolute atomic E-state index is 0.0806. The summed E-state index contributed by atoms with van der Waals surface area (Å²) in [7, 11) is -3.98. The summed E-state index contributed by atoms with van der Waals surface area (Å²) in [4.78, 5) is 23.1. The number of benzene rings is 2. The van der Waals surface area contributed by atoms with E-state index >= 15 is 0 Å². The second kappa shape index (κ2) is 6.41. The maximum absolute atomic E-state index is 12.1. The van der Waals surface area contributed by atoms with Crippen LogP contribution in [-0.2, 0) is 10.0 Å². The first-order chi connectivity index (χ1) is 10.3. The largest absolute Gasteiger partial charge is 0.295 e. The Morgan fingerprint density at radius 2 is 1.41 bits per heavy atom. The van der Waals surface area contributed by atoms with Crippen LogP contribution in [0.4, 0.5) is 0 Å². The molecule has 1 N–H and O–H groups in total. The summed E-state index contributed by atoms with van der Waals surface area (Å²) in [6, 6.07) is 11.7. The van der Waals surface area contributed by atoms with Crippen molar-refractivity contribution in [3.05, 3.63) is 64.1 Å². The Hall–Kier alpha value is -1.99. The Balaban J connectivity index is 2.21. The number of amides is 1. The van der Waals surface area contributed by atoms with Gasteiger partial charge < -0.3 is 0 Å². The molecular weight excluding hydrogens is 370 g/mol. The van der Waals surface area contributed by atoms with Crippen LogP contribution in [0.15, 0.2) is 57.9 Å². The first-order valence-electron chi connectivity index (χ1n) is 6.23. The van der Waals surface area contributed by atoms with Crippen molar-refractivity contribution in [1.29, 1.82) is 0 Å². The van der Waals surface area contributed by atoms with E-state index in [1.807, 2.05) is 4.72 Å². The summed E-state index contributed by atoms with van der Waals surface area (Å²) in [6.45, 7) is 1.39. The molecule has 0 aliphatic heterocycles. The van der Waals surface area contributed by atoms with Crippen LogP contribution in [0.3, 0.4) is 0 Å². The molecule has 5 nitrogen and oxygen atoms in total. The molecule has 1 amide bonds. The standard InChI is InChI=1S/C15H12BrNO4S/c1-10(18)11-4-8-14(9-5-11)22(20,21)17-15(19)12-2-6-13(16)7-3-12/h2-9H,1H3,(H,17,19). The second-order valence-corrected chi connectivity index (χ2v) is 7.12. The molecule has 2 aromatic rings. The topological polar surface area (TPSA) is 80.3 Å². The van der Waals surface area contributed by atoms with E-state index in [4.69, 9.17) is 0 Å². The summed E-state index contributed by atoms with van der Waals surface area (Å²) >= 11 is 3.23. The SMILES string of the molecule is CC(=O)c1ccc(S(=O)(=O)NC(=O)c2ccc(Br)cc2)cc1. The van der Waals surface area contributed by atoms with Gasteiger partial charge in [0.2, 0.25) is 0 Å². The molecule has 2 rings (SSSR count). The Kier molecular flexibility index (Phi) is 4.77. The van der Waals surface area contributed by atoms with Crippen LogP contribution in [0, 0.1) is 0 Å². The first-order valence-corrected chi connectivity index (χ1v) is 8.51. The molecule has 0 bridgehead atoms. The molecule has 0 aliphatic rings. The summed E-state index contributed by atoms with van der Waals surface area (Å²) in [5, 5.41) is 0. The van der Waals surface area contributed by atoms with E-state index in [9.17, 15) is 18.0 Å². The third-order valence-electron chi connectivity index (χ3n) is 2.90. The van der Waals surface area contributed by atoms with Gasteiger partial charge in [0, 0.05) is 15.6 Å². The summed E-state index contributed by atoms with van der Waals surface area (Å²) in [5.74, 6) is -0.883. The number of hydrogen-bond donors (Lipinski definition) is 1. The van der Waals surface area contributed by atoms with Crippen LogP contribution in [0.1, 0.15) is 27.6 Å². The highest BCUT2D eigenvalue weighted by atomic mass is 79.9. The Labute approximate surface area is 136 Å². The summed E-state index contributed by atoms with van der Waals surface area (Å²) in [6.07, 6.45) is 0. The van der Waals surface area contributed by atoms with Gasteiger partial charge in [-0.2, -0.15) is 0 Å². The molecule has 0 saturated carbocycles. The van der Waals surface area contributed by atoms with E-state index < -0.39 is 15.9 Å². The maximum atomic E-state index is 12.1. The Morgan fingerprint density at radius 3 is 1.91 bits per heavy atom. The lowest BCUT2D eigenvalue weighted by Gasteiger charge is -2.07. The molecule has 0 heterocycles. The van der Waals surface area contributed by atoms with Crippen molar-refractivity contribution in [3.63, 3.8) is 0 Å². The van der Waals surface area contributed by atoms with Gasteiger partial charge in [0.15, 0.2) is 5.78 Å². The molecule has 0 saturated heterocycles. The van der Waals surface area contributed by atoms with E-state index in [2.05, 4.69) is 15.9 Å². The fourth-order valence-corrected chi connectivity index (χ4v) is 2.95. The number of ketones is 1. The predicted octanol–water partition coefficient (Wildman–Crippen LogP) is 2.77. The molecule has 0 spiro atoms. The molecule has 0 aliphatic carbocycles. The molecule has 2 aromatic carbocycles. The van der Waals surface area contributed by atoms with Gasteiger partial charge in [-0.1, -0.05) is 28.1 Å². The van der Waals surface area contributed by atoms with Crippen LogP contribution >= 0.6 is 15.9 Å². The van der Waals surface area contributed by atoms with Crippen molar-refractivity contribution in [2.75, 3.05) is 0 Å². The number of rotatable bonds is 4. The van der Waals surface area contributed by atoms with E-state index in [0.717, 1.165) is 4.47 Å². The van der Waals surface area contributed by atoms with Gasteiger partial charge in [-0.25, -0.2) is 13.1 Å². The number of carbonyl (C=O) groups is 2. The van der Waals surface area contributed by atoms with Gasteiger partial charge in [0.05, 0.1) is 4.90 Å². The zero-order valence-electron chi connectivity index (χ0n) is 11.5.